The van der Waals surface area contributed by atoms with Crippen LogP contribution >= 0.6 is 0 Å². The molecule has 1 amide bonds. The number of amides is 1. The highest BCUT2D eigenvalue weighted by Crippen LogP contribution is 2.30. The van der Waals surface area contributed by atoms with E-state index >= 15 is 0 Å². The average molecular weight is 287 g/mol. The van der Waals surface area contributed by atoms with E-state index in [0.29, 0.717) is 25.2 Å². The molecule has 1 N–H and O–H groups in total. The molecule has 1 aromatic rings. The van der Waals surface area contributed by atoms with E-state index in [1.807, 2.05) is 0 Å². The van der Waals surface area contributed by atoms with Crippen LogP contribution < -0.4 is 5.32 Å². The zero-order valence-corrected chi connectivity index (χ0v) is 11.0. The van der Waals surface area contributed by atoms with Gasteiger partial charge in [0.2, 0.25) is 5.91 Å². The van der Waals surface area contributed by atoms with Gasteiger partial charge in [-0.2, -0.15) is 13.2 Å². The molecule has 2 atom stereocenters. The Morgan fingerprint density at radius 3 is 2.50 bits per heavy atom. The Hall–Kier alpha value is -1.56. The lowest BCUT2D eigenvalue weighted by molar-refractivity contribution is -0.137. The molecule has 0 saturated carbocycles. The molecule has 1 aliphatic rings. The lowest BCUT2D eigenvalue weighted by Gasteiger charge is -2.17. The van der Waals surface area contributed by atoms with Gasteiger partial charge in [0.1, 0.15) is 0 Å². The first kappa shape index (κ1) is 14.8. The summed E-state index contributed by atoms with van der Waals surface area (Å²) in [4.78, 5) is 11.9. The van der Waals surface area contributed by atoms with E-state index in [2.05, 4.69) is 5.32 Å². The van der Waals surface area contributed by atoms with Gasteiger partial charge in [-0.05, 0) is 31.0 Å². The Morgan fingerprint density at radius 2 is 2.00 bits per heavy atom. The molecule has 0 radical (unpaired) electrons. The van der Waals surface area contributed by atoms with Crippen molar-refractivity contribution in [1.82, 2.24) is 5.32 Å². The van der Waals surface area contributed by atoms with Crippen LogP contribution in [-0.2, 0) is 15.7 Å². The van der Waals surface area contributed by atoms with Gasteiger partial charge >= 0.3 is 6.18 Å². The van der Waals surface area contributed by atoms with Crippen LogP contribution in [-0.4, -0.2) is 19.1 Å². The average Bonchev–Trinajstić information content (AvgIpc) is 2.91. The smallest absolute Gasteiger partial charge is 0.381 e. The lowest BCUT2D eigenvalue weighted by atomic mass is 10.0. The van der Waals surface area contributed by atoms with Crippen LogP contribution in [0.3, 0.4) is 0 Å². The molecule has 0 aromatic heterocycles. The summed E-state index contributed by atoms with van der Waals surface area (Å²) < 4.78 is 42.5. The van der Waals surface area contributed by atoms with Gasteiger partial charge in [0.15, 0.2) is 0 Å². The summed E-state index contributed by atoms with van der Waals surface area (Å²) in [7, 11) is 0. The third kappa shape index (κ3) is 3.50. The zero-order chi connectivity index (χ0) is 14.8. The van der Waals surface area contributed by atoms with Crippen molar-refractivity contribution in [2.75, 3.05) is 13.2 Å². The van der Waals surface area contributed by atoms with Gasteiger partial charge in [0, 0.05) is 6.61 Å². The number of rotatable bonds is 3. The topological polar surface area (TPSA) is 38.3 Å². The van der Waals surface area contributed by atoms with Crippen LogP contribution in [0.1, 0.15) is 30.5 Å². The molecule has 1 aliphatic heterocycles. The minimum atomic E-state index is -4.34. The van der Waals surface area contributed by atoms with Gasteiger partial charge in [-0.1, -0.05) is 12.1 Å². The Labute approximate surface area is 115 Å². The number of benzene rings is 1. The molecular formula is C14H16F3NO2. The second-order valence-electron chi connectivity index (χ2n) is 4.91. The van der Waals surface area contributed by atoms with Gasteiger partial charge in [-0.15, -0.1) is 0 Å². The highest BCUT2D eigenvalue weighted by molar-refractivity contribution is 5.79. The van der Waals surface area contributed by atoms with E-state index in [9.17, 15) is 18.0 Å². The number of hydrogen-bond acceptors (Lipinski definition) is 2. The highest BCUT2D eigenvalue weighted by Gasteiger charge is 2.30. The third-order valence-corrected chi connectivity index (χ3v) is 3.40. The largest absolute Gasteiger partial charge is 0.416 e. The van der Waals surface area contributed by atoms with E-state index in [1.54, 1.807) is 6.92 Å². The van der Waals surface area contributed by atoms with Crippen LogP contribution in [0, 0.1) is 5.92 Å². The third-order valence-electron chi connectivity index (χ3n) is 3.40. The maximum Gasteiger partial charge on any atom is 0.416 e. The second-order valence-corrected chi connectivity index (χ2v) is 4.91. The summed E-state index contributed by atoms with van der Waals surface area (Å²) in [6.45, 7) is 2.73. The minimum Gasteiger partial charge on any atom is -0.381 e. The molecule has 20 heavy (non-hydrogen) atoms. The molecule has 1 saturated heterocycles. The van der Waals surface area contributed by atoms with Crippen molar-refractivity contribution in [3.8, 4) is 0 Å². The van der Waals surface area contributed by atoms with Crippen molar-refractivity contribution in [2.24, 2.45) is 5.92 Å². The SMILES string of the molecule is C[C@@H](NC(=O)[C@H]1CCOC1)c1ccc(C(F)(F)F)cc1. The van der Waals surface area contributed by atoms with Gasteiger partial charge in [0.05, 0.1) is 24.1 Å². The Balaban J connectivity index is 1.98. The fourth-order valence-electron chi connectivity index (χ4n) is 2.12. The monoisotopic (exact) mass is 287 g/mol. The summed E-state index contributed by atoms with van der Waals surface area (Å²) in [5.41, 5.74) is -0.0470. The van der Waals surface area contributed by atoms with Gasteiger partial charge in [-0.3, -0.25) is 4.79 Å². The molecule has 3 nitrogen and oxygen atoms in total. The fourth-order valence-corrected chi connectivity index (χ4v) is 2.12. The summed E-state index contributed by atoms with van der Waals surface area (Å²) in [5.74, 6) is -0.276. The van der Waals surface area contributed by atoms with E-state index in [4.69, 9.17) is 4.74 Å². The fraction of sp³-hybridized carbons (Fsp3) is 0.500. The van der Waals surface area contributed by atoms with Gasteiger partial charge in [0.25, 0.3) is 0 Å². The predicted octanol–water partition coefficient (Wildman–Crippen LogP) is 2.92. The number of carbonyl (C=O) groups excluding carboxylic acids is 1. The minimum absolute atomic E-state index is 0.116. The first-order valence-corrected chi connectivity index (χ1v) is 6.43. The molecule has 1 aromatic carbocycles. The highest BCUT2D eigenvalue weighted by atomic mass is 19.4. The number of nitrogens with one attached hydrogen (secondary N) is 1. The number of ether oxygens (including phenoxy) is 1. The van der Waals surface area contributed by atoms with E-state index in [1.165, 1.54) is 12.1 Å². The van der Waals surface area contributed by atoms with E-state index in [-0.39, 0.29) is 17.9 Å². The van der Waals surface area contributed by atoms with Crippen LogP contribution in [0.15, 0.2) is 24.3 Å². The molecule has 0 unspecified atom stereocenters. The zero-order valence-electron chi connectivity index (χ0n) is 11.0. The molecule has 1 fully saturated rings. The summed E-state index contributed by atoms with van der Waals surface area (Å²) in [5, 5.41) is 2.80. The van der Waals surface area contributed by atoms with E-state index < -0.39 is 11.7 Å². The van der Waals surface area contributed by atoms with Crippen molar-refractivity contribution in [2.45, 2.75) is 25.6 Å². The summed E-state index contributed by atoms with van der Waals surface area (Å²) in [6.07, 6.45) is -3.65. The molecule has 2 rings (SSSR count). The van der Waals surface area contributed by atoms with E-state index in [0.717, 1.165) is 12.1 Å². The first-order chi connectivity index (χ1) is 9.38. The van der Waals surface area contributed by atoms with Gasteiger partial charge in [-0.25, -0.2) is 0 Å². The number of alkyl halides is 3. The van der Waals surface area contributed by atoms with Crippen LogP contribution in [0.25, 0.3) is 0 Å². The summed E-state index contributed by atoms with van der Waals surface area (Å²) in [6, 6.07) is 4.50. The van der Waals surface area contributed by atoms with Crippen molar-refractivity contribution >= 4 is 5.91 Å². The molecule has 110 valence electrons. The quantitative estimate of drug-likeness (QED) is 0.928. The van der Waals surface area contributed by atoms with Crippen LogP contribution in [0.5, 0.6) is 0 Å². The Bertz CT molecular complexity index is 464. The standard InChI is InChI=1S/C14H16F3NO2/c1-9(18-13(19)11-6-7-20-8-11)10-2-4-12(5-3-10)14(15,16)17/h2-5,9,11H,6-8H2,1H3,(H,18,19)/t9-,11+/m1/s1. The van der Waals surface area contributed by atoms with Crippen molar-refractivity contribution in [3.63, 3.8) is 0 Å². The van der Waals surface area contributed by atoms with Crippen molar-refractivity contribution < 1.29 is 22.7 Å². The molecule has 6 heteroatoms. The van der Waals surface area contributed by atoms with Crippen molar-refractivity contribution in [3.05, 3.63) is 35.4 Å². The second kappa shape index (κ2) is 5.83. The molecule has 0 bridgehead atoms. The predicted molar refractivity (Wildman–Crippen MR) is 66.9 cm³/mol. The summed E-state index contributed by atoms with van der Waals surface area (Å²) >= 11 is 0. The van der Waals surface area contributed by atoms with Crippen LogP contribution in [0.2, 0.25) is 0 Å². The molecule has 1 heterocycles. The number of halogens is 3. The molecule has 0 aliphatic carbocycles. The Kier molecular flexibility index (Phi) is 4.32. The maximum absolute atomic E-state index is 12.5. The number of carbonyl (C=O) groups is 1. The van der Waals surface area contributed by atoms with Crippen LogP contribution in [0.4, 0.5) is 13.2 Å². The van der Waals surface area contributed by atoms with Crippen molar-refractivity contribution in [1.29, 1.82) is 0 Å². The Morgan fingerprint density at radius 1 is 1.35 bits per heavy atom. The molecule has 0 spiro atoms. The van der Waals surface area contributed by atoms with Gasteiger partial charge < -0.3 is 10.1 Å². The number of hydrogen-bond donors (Lipinski definition) is 1. The lowest BCUT2D eigenvalue weighted by Crippen LogP contribution is -2.33. The normalized spacial score (nSPS) is 20.7. The first-order valence-electron chi connectivity index (χ1n) is 6.43. The maximum atomic E-state index is 12.5. The molecular weight excluding hydrogens is 271 g/mol.